The van der Waals surface area contributed by atoms with Crippen LogP contribution < -0.4 is 10.9 Å². The van der Waals surface area contributed by atoms with Crippen molar-refractivity contribution in [2.24, 2.45) is 0 Å². The molecule has 0 bridgehead atoms. The fraction of sp³-hybridized carbons (Fsp3) is 0.167. The summed E-state index contributed by atoms with van der Waals surface area (Å²) >= 11 is 5.72. The first-order valence-corrected chi connectivity index (χ1v) is 10.1. The first-order valence-electron chi connectivity index (χ1n) is 8.06. The highest BCUT2D eigenvalue weighted by atomic mass is 35.5. The molecule has 2 N–H and O–H groups in total. The molecule has 0 spiro atoms. The second kappa shape index (κ2) is 9.86. The summed E-state index contributed by atoms with van der Waals surface area (Å²) in [6.45, 7) is -0.662. The van der Waals surface area contributed by atoms with E-state index in [1.807, 2.05) is 0 Å². The SMILES string of the molecule is O=C(COC(=O)CCS(=O)(=O)c1ccccc1)NNC(=O)c1ccc(Cl)cc1. The third-order valence-corrected chi connectivity index (χ3v) is 5.45. The zero-order valence-corrected chi connectivity index (χ0v) is 16.1. The van der Waals surface area contributed by atoms with Crippen LogP contribution in [-0.4, -0.2) is 38.6 Å². The van der Waals surface area contributed by atoms with Gasteiger partial charge in [-0.25, -0.2) is 8.42 Å². The van der Waals surface area contributed by atoms with Crippen molar-refractivity contribution >= 4 is 39.2 Å². The highest BCUT2D eigenvalue weighted by Gasteiger charge is 2.17. The maximum absolute atomic E-state index is 12.1. The molecule has 0 radical (unpaired) electrons. The van der Waals surface area contributed by atoms with E-state index in [-0.39, 0.29) is 10.5 Å². The van der Waals surface area contributed by atoms with Gasteiger partial charge in [-0.3, -0.25) is 25.2 Å². The number of esters is 1. The second-order valence-electron chi connectivity index (χ2n) is 5.55. The Kier molecular flexibility index (Phi) is 7.53. The van der Waals surface area contributed by atoms with Crippen molar-refractivity contribution in [3.8, 4) is 0 Å². The van der Waals surface area contributed by atoms with Gasteiger partial charge in [0.1, 0.15) is 0 Å². The van der Waals surface area contributed by atoms with E-state index in [0.29, 0.717) is 5.02 Å². The molecule has 0 atom stereocenters. The smallest absolute Gasteiger partial charge is 0.307 e. The molecule has 0 unspecified atom stereocenters. The minimum Gasteiger partial charge on any atom is -0.455 e. The highest BCUT2D eigenvalue weighted by Crippen LogP contribution is 2.11. The Balaban J connectivity index is 1.71. The number of amides is 2. The number of nitrogens with one attached hydrogen (secondary N) is 2. The van der Waals surface area contributed by atoms with E-state index < -0.39 is 46.4 Å². The summed E-state index contributed by atoms with van der Waals surface area (Å²) in [7, 11) is -3.62. The Morgan fingerprint density at radius 2 is 1.57 bits per heavy atom. The molecule has 0 aliphatic carbocycles. The molecule has 2 aromatic rings. The number of sulfone groups is 1. The average Bonchev–Trinajstić information content (AvgIpc) is 2.70. The summed E-state index contributed by atoms with van der Waals surface area (Å²) in [6, 6.07) is 13.7. The van der Waals surface area contributed by atoms with Crippen molar-refractivity contribution in [3.05, 3.63) is 65.2 Å². The molecule has 0 fully saturated rings. The van der Waals surface area contributed by atoms with Crippen LogP contribution in [-0.2, 0) is 24.2 Å². The van der Waals surface area contributed by atoms with Gasteiger partial charge in [0.2, 0.25) is 0 Å². The molecule has 2 rings (SSSR count). The van der Waals surface area contributed by atoms with Gasteiger partial charge < -0.3 is 4.74 Å². The third-order valence-electron chi connectivity index (χ3n) is 3.46. The van der Waals surface area contributed by atoms with E-state index in [9.17, 15) is 22.8 Å². The minimum absolute atomic E-state index is 0.102. The minimum atomic E-state index is -3.62. The Labute approximate surface area is 166 Å². The van der Waals surface area contributed by atoms with E-state index in [2.05, 4.69) is 10.9 Å². The fourth-order valence-corrected chi connectivity index (χ4v) is 3.39. The molecule has 0 aliphatic rings. The lowest BCUT2D eigenvalue weighted by molar-refractivity contribution is -0.148. The molecule has 10 heteroatoms. The van der Waals surface area contributed by atoms with Crippen LogP contribution in [0.4, 0.5) is 0 Å². The molecular formula is C18H17ClN2O6S. The summed E-state index contributed by atoms with van der Waals surface area (Å²) in [5.41, 5.74) is 4.50. The van der Waals surface area contributed by atoms with Crippen molar-refractivity contribution in [2.45, 2.75) is 11.3 Å². The molecule has 0 heterocycles. The van der Waals surface area contributed by atoms with Gasteiger partial charge >= 0.3 is 5.97 Å². The summed E-state index contributed by atoms with van der Waals surface area (Å²) < 4.78 is 28.8. The zero-order chi connectivity index (χ0) is 20.6. The number of carbonyl (C=O) groups excluding carboxylic acids is 3. The molecule has 148 valence electrons. The van der Waals surface area contributed by atoms with E-state index in [4.69, 9.17) is 16.3 Å². The average molecular weight is 425 g/mol. The predicted octanol–water partition coefficient (Wildman–Crippen LogP) is 1.51. The number of rotatable bonds is 7. The monoisotopic (exact) mass is 424 g/mol. The van der Waals surface area contributed by atoms with Crippen molar-refractivity contribution in [3.63, 3.8) is 0 Å². The van der Waals surface area contributed by atoms with Gasteiger partial charge in [0, 0.05) is 10.6 Å². The van der Waals surface area contributed by atoms with Gasteiger partial charge in [-0.05, 0) is 36.4 Å². The number of hydrogen-bond donors (Lipinski definition) is 2. The topological polar surface area (TPSA) is 119 Å². The number of ether oxygens (including phenoxy) is 1. The van der Waals surface area contributed by atoms with Crippen LogP contribution in [0.15, 0.2) is 59.5 Å². The Bertz CT molecular complexity index is 946. The lowest BCUT2D eigenvalue weighted by Gasteiger charge is -2.08. The van der Waals surface area contributed by atoms with Crippen LogP contribution in [0, 0.1) is 0 Å². The van der Waals surface area contributed by atoms with Crippen molar-refractivity contribution in [2.75, 3.05) is 12.4 Å². The zero-order valence-electron chi connectivity index (χ0n) is 14.6. The maximum Gasteiger partial charge on any atom is 0.307 e. The largest absolute Gasteiger partial charge is 0.455 e. The molecule has 0 saturated heterocycles. The number of carbonyl (C=O) groups is 3. The lowest BCUT2D eigenvalue weighted by atomic mass is 10.2. The Morgan fingerprint density at radius 1 is 0.929 bits per heavy atom. The third kappa shape index (κ3) is 6.67. The Hall–Kier alpha value is -2.91. The van der Waals surface area contributed by atoms with Gasteiger partial charge in [0.15, 0.2) is 16.4 Å². The fourth-order valence-electron chi connectivity index (χ4n) is 2.02. The normalized spacial score (nSPS) is 10.8. The molecule has 0 aromatic heterocycles. The van der Waals surface area contributed by atoms with Crippen LogP contribution in [0.2, 0.25) is 5.02 Å². The van der Waals surface area contributed by atoms with Crippen LogP contribution in [0.1, 0.15) is 16.8 Å². The van der Waals surface area contributed by atoms with Crippen molar-refractivity contribution < 1.29 is 27.5 Å². The first kappa shape index (κ1) is 21.4. The second-order valence-corrected chi connectivity index (χ2v) is 8.10. The van der Waals surface area contributed by atoms with Gasteiger partial charge in [0.25, 0.3) is 11.8 Å². The summed E-state index contributed by atoms with van der Waals surface area (Å²) in [6.07, 6.45) is -0.401. The number of hydrogen-bond acceptors (Lipinski definition) is 6. The molecule has 0 saturated carbocycles. The molecule has 2 aromatic carbocycles. The van der Waals surface area contributed by atoms with Gasteiger partial charge in [0.05, 0.1) is 17.1 Å². The first-order chi connectivity index (χ1) is 13.3. The van der Waals surface area contributed by atoms with Crippen LogP contribution in [0.25, 0.3) is 0 Å². The molecule has 28 heavy (non-hydrogen) atoms. The standard InChI is InChI=1S/C18H17ClN2O6S/c19-14-8-6-13(7-9-14)18(24)21-20-16(22)12-27-17(23)10-11-28(25,26)15-4-2-1-3-5-15/h1-9H,10-12H2,(H,20,22)(H,21,24). The van der Waals surface area contributed by atoms with Gasteiger partial charge in [-0.15, -0.1) is 0 Å². The summed E-state index contributed by atoms with van der Waals surface area (Å²) in [5, 5.41) is 0.460. The summed E-state index contributed by atoms with van der Waals surface area (Å²) in [5.74, 6) is -2.64. The molecular weight excluding hydrogens is 408 g/mol. The van der Waals surface area contributed by atoms with Crippen molar-refractivity contribution in [1.29, 1.82) is 0 Å². The lowest BCUT2D eigenvalue weighted by Crippen LogP contribution is -2.43. The predicted molar refractivity (Wildman–Crippen MR) is 101 cm³/mol. The van der Waals surface area contributed by atoms with Crippen LogP contribution >= 0.6 is 11.6 Å². The summed E-state index contributed by atoms with van der Waals surface area (Å²) in [4.78, 5) is 35.2. The molecule has 8 nitrogen and oxygen atoms in total. The van der Waals surface area contributed by atoms with E-state index in [1.54, 1.807) is 18.2 Å². The molecule has 2 amide bonds. The van der Waals surface area contributed by atoms with Gasteiger partial charge in [-0.1, -0.05) is 29.8 Å². The number of halogens is 1. The maximum atomic E-state index is 12.1. The highest BCUT2D eigenvalue weighted by molar-refractivity contribution is 7.91. The van der Waals surface area contributed by atoms with Gasteiger partial charge in [-0.2, -0.15) is 0 Å². The quantitative estimate of drug-likeness (QED) is 0.513. The van der Waals surface area contributed by atoms with Crippen LogP contribution in [0.3, 0.4) is 0 Å². The molecule has 0 aliphatic heterocycles. The van der Waals surface area contributed by atoms with Crippen LogP contribution in [0.5, 0.6) is 0 Å². The van der Waals surface area contributed by atoms with Crippen molar-refractivity contribution in [1.82, 2.24) is 10.9 Å². The Morgan fingerprint density at radius 3 is 2.21 bits per heavy atom. The van der Waals surface area contributed by atoms with E-state index in [1.165, 1.54) is 36.4 Å². The van der Waals surface area contributed by atoms with E-state index in [0.717, 1.165) is 0 Å². The number of hydrazine groups is 1. The van der Waals surface area contributed by atoms with E-state index >= 15 is 0 Å². The number of benzene rings is 2.